The third kappa shape index (κ3) is 6.60. The van der Waals surface area contributed by atoms with E-state index in [9.17, 15) is 4.79 Å². The number of pyridine rings is 1. The maximum absolute atomic E-state index is 13.3. The number of methoxy groups -OCH3 is 1. The average Bonchev–Trinajstić information content (AvgIpc) is 3.60. The molecular formula is C28H35N5O3S. The van der Waals surface area contributed by atoms with Gasteiger partial charge in [-0.2, -0.15) is 5.10 Å². The van der Waals surface area contributed by atoms with Gasteiger partial charge in [-0.25, -0.2) is 14.5 Å². The topological polar surface area (TPSA) is 81.9 Å². The Bertz CT molecular complexity index is 1300. The molecule has 0 bridgehead atoms. The number of fused-ring (bicyclic) bond motifs is 1. The summed E-state index contributed by atoms with van der Waals surface area (Å²) in [5.41, 5.74) is 3.52. The molecule has 37 heavy (non-hydrogen) atoms. The molecule has 0 amide bonds. The van der Waals surface area contributed by atoms with Gasteiger partial charge < -0.3 is 14.4 Å². The van der Waals surface area contributed by atoms with Crippen LogP contribution >= 0.6 is 11.3 Å². The third-order valence-electron chi connectivity index (χ3n) is 6.51. The van der Waals surface area contributed by atoms with Crippen molar-refractivity contribution < 1.29 is 14.3 Å². The van der Waals surface area contributed by atoms with Crippen LogP contribution in [0.5, 0.6) is 5.88 Å². The minimum atomic E-state index is 0.0769. The maximum atomic E-state index is 13.3. The quantitative estimate of drug-likeness (QED) is 0.157. The van der Waals surface area contributed by atoms with E-state index >= 15 is 0 Å². The third-order valence-corrected chi connectivity index (χ3v) is 7.40. The van der Waals surface area contributed by atoms with Crippen molar-refractivity contribution in [3.05, 3.63) is 53.7 Å². The minimum Gasteiger partial charge on any atom is -0.478 e. The van der Waals surface area contributed by atoms with Gasteiger partial charge in [0.15, 0.2) is 11.4 Å². The van der Waals surface area contributed by atoms with Gasteiger partial charge in [0.1, 0.15) is 0 Å². The normalized spacial score (nSPS) is 12.4. The van der Waals surface area contributed by atoms with Gasteiger partial charge in [-0.05, 0) is 50.0 Å². The SMILES string of the molecule is CCN(CC)[C@@H](C)CCC(=O)c1cc(OCCCOC)nc(-c2cnn3ccc(-c4cccs4)nc23)c1. The zero-order valence-corrected chi connectivity index (χ0v) is 22.8. The number of hydrogen-bond donors (Lipinski definition) is 0. The summed E-state index contributed by atoms with van der Waals surface area (Å²) in [5.74, 6) is 0.496. The van der Waals surface area contributed by atoms with Gasteiger partial charge in [0.05, 0.1) is 34.6 Å². The van der Waals surface area contributed by atoms with Crippen LogP contribution in [0.15, 0.2) is 48.1 Å². The van der Waals surface area contributed by atoms with E-state index in [1.54, 1.807) is 35.2 Å². The molecule has 0 aliphatic carbocycles. The second-order valence-electron chi connectivity index (χ2n) is 8.92. The van der Waals surface area contributed by atoms with Crippen molar-refractivity contribution in [3.63, 3.8) is 0 Å². The van der Waals surface area contributed by atoms with Crippen LogP contribution < -0.4 is 4.74 Å². The van der Waals surface area contributed by atoms with E-state index in [-0.39, 0.29) is 5.78 Å². The molecule has 0 aliphatic rings. The van der Waals surface area contributed by atoms with Crippen molar-refractivity contribution in [2.75, 3.05) is 33.4 Å². The van der Waals surface area contributed by atoms with Crippen molar-refractivity contribution in [2.45, 2.75) is 46.1 Å². The molecule has 0 saturated carbocycles. The molecule has 9 heteroatoms. The van der Waals surface area contributed by atoms with Gasteiger partial charge >= 0.3 is 0 Å². The van der Waals surface area contributed by atoms with E-state index in [1.165, 1.54) is 0 Å². The van der Waals surface area contributed by atoms with Gasteiger partial charge in [-0.3, -0.25) is 4.79 Å². The first-order valence-corrected chi connectivity index (χ1v) is 13.7. The molecule has 0 saturated heterocycles. The van der Waals surface area contributed by atoms with Crippen LogP contribution in [-0.4, -0.2) is 69.7 Å². The monoisotopic (exact) mass is 521 g/mol. The Morgan fingerprint density at radius 3 is 2.70 bits per heavy atom. The predicted molar refractivity (Wildman–Crippen MR) is 147 cm³/mol. The Hall–Kier alpha value is -3.14. The van der Waals surface area contributed by atoms with Crippen molar-refractivity contribution >= 4 is 22.8 Å². The molecule has 1 atom stereocenters. The van der Waals surface area contributed by atoms with E-state index in [0.717, 1.165) is 42.1 Å². The zero-order valence-electron chi connectivity index (χ0n) is 22.0. The lowest BCUT2D eigenvalue weighted by Crippen LogP contribution is -2.33. The standard InChI is InChI=1S/C28H35N5O3S/c1-5-32(6-2)20(3)10-11-25(34)21-17-24(30-27(18-21)36-15-8-14-35-4)22-19-29-33-13-12-23(31-28(22)33)26-9-7-16-37-26/h7,9,12-13,16-20H,5-6,8,10-11,14-15H2,1-4H3/t20-/m0/s1. The lowest BCUT2D eigenvalue weighted by atomic mass is 10.0. The molecule has 0 fully saturated rings. The number of carbonyl (C=O) groups is 1. The number of rotatable bonds is 14. The summed E-state index contributed by atoms with van der Waals surface area (Å²) in [4.78, 5) is 26.4. The fraction of sp³-hybridized carbons (Fsp3) is 0.429. The predicted octanol–water partition coefficient (Wildman–Crippen LogP) is 5.63. The lowest BCUT2D eigenvalue weighted by Gasteiger charge is -2.26. The number of thiophene rings is 1. The fourth-order valence-corrected chi connectivity index (χ4v) is 5.08. The molecule has 0 N–H and O–H groups in total. The highest BCUT2D eigenvalue weighted by Crippen LogP contribution is 2.29. The fourth-order valence-electron chi connectivity index (χ4n) is 4.38. The van der Waals surface area contributed by atoms with E-state index < -0.39 is 0 Å². The molecule has 196 valence electrons. The molecule has 8 nitrogen and oxygen atoms in total. The number of Topliss-reactive ketones (excluding diaryl/α,β-unsaturated/α-hetero) is 1. The molecule has 4 aromatic rings. The van der Waals surface area contributed by atoms with Gasteiger partial charge in [0, 0.05) is 50.4 Å². The van der Waals surface area contributed by atoms with Crippen LogP contribution in [0.1, 0.15) is 50.4 Å². The van der Waals surface area contributed by atoms with Crippen molar-refractivity contribution in [1.82, 2.24) is 24.5 Å². The second-order valence-corrected chi connectivity index (χ2v) is 9.87. The largest absolute Gasteiger partial charge is 0.478 e. The van der Waals surface area contributed by atoms with Crippen LogP contribution in [0, 0.1) is 0 Å². The Kier molecular flexibility index (Phi) is 9.38. The van der Waals surface area contributed by atoms with Crippen molar-refractivity contribution in [3.8, 4) is 27.7 Å². The summed E-state index contributed by atoms with van der Waals surface area (Å²) in [6, 6.07) is 9.92. The molecule has 0 aromatic carbocycles. The Morgan fingerprint density at radius 1 is 1.14 bits per heavy atom. The minimum absolute atomic E-state index is 0.0769. The number of ketones is 1. The van der Waals surface area contributed by atoms with E-state index in [2.05, 4.69) is 30.8 Å². The van der Waals surface area contributed by atoms with Crippen molar-refractivity contribution in [2.24, 2.45) is 0 Å². The van der Waals surface area contributed by atoms with Crippen LogP contribution in [0.25, 0.3) is 27.5 Å². The van der Waals surface area contributed by atoms with Crippen LogP contribution in [0.4, 0.5) is 0 Å². The highest BCUT2D eigenvalue weighted by atomic mass is 32.1. The first kappa shape index (κ1) is 26.9. The zero-order chi connectivity index (χ0) is 26.2. The number of aromatic nitrogens is 4. The van der Waals surface area contributed by atoms with Gasteiger partial charge in [0.25, 0.3) is 0 Å². The first-order chi connectivity index (χ1) is 18.0. The maximum Gasteiger partial charge on any atom is 0.214 e. The molecule has 0 unspecified atom stereocenters. The molecule has 0 radical (unpaired) electrons. The number of carbonyl (C=O) groups excluding carboxylic acids is 1. The Morgan fingerprint density at radius 2 is 1.97 bits per heavy atom. The number of ether oxygens (including phenoxy) is 2. The summed E-state index contributed by atoms with van der Waals surface area (Å²) in [6.45, 7) is 9.47. The summed E-state index contributed by atoms with van der Waals surface area (Å²) in [6.07, 6.45) is 5.63. The second kappa shape index (κ2) is 12.9. The molecule has 0 spiro atoms. The van der Waals surface area contributed by atoms with E-state index in [4.69, 9.17) is 19.4 Å². The summed E-state index contributed by atoms with van der Waals surface area (Å²) < 4.78 is 12.8. The Labute approximate surface area is 222 Å². The Balaban J connectivity index is 1.65. The van der Waals surface area contributed by atoms with Gasteiger partial charge in [-0.1, -0.05) is 19.9 Å². The lowest BCUT2D eigenvalue weighted by molar-refractivity contribution is 0.0963. The molecule has 0 aliphatic heterocycles. The first-order valence-electron chi connectivity index (χ1n) is 12.8. The van der Waals surface area contributed by atoms with Gasteiger partial charge in [0.2, 0.25) is 5.88 Å². The molecular weight excluding hydrogens is 486 g/mol. The average molecular weight is 522 g/mol. The summed E-state index contributed by atoms with van der Waals surface area (Å²) >= 11 is 1.64. The number of hydrogen-bond acceptors (Lipinski definition) is 8. The van der Waals surface area contributed by atoms with Crippen molar-refractivity contribution in [1.29, 1.82) is 0 Å². The molecule has 4 rings (SSSR count). The highest BCUT2D eigenvalue weighted by molar-refractivity contribution is 7.13. The van der Waals surface area contributed by atoms with E-state index in [0.29, 0.717) is 48.5 Å². The summed E-state index contributed by atoms with van der Waals surface area (Å²) in [7, 11) is 1.66. The van der Waals surface area contributed by atoms with Crippen LogP contribution in [-0.2, 0) is 4.74 Å². The van der Waals surface area contributed by atoms with Gasteiger partial charge in [-0.15, -0.1) is 11.3 Å². The molecule has 4 aromatic heterocycles. The smallest absolute Gasteiger partial charge is 0.214 e. The number of nitrogens with zero attached hydrogens (tertiary/aromatic N) is 5. The van der Waals surface area contributed by atoms with E-state index in [1.807, 2.05) is 35.8 Å². The summed E-state index contributed by atoms with van der Waals surface area (Å²) in [5, 5.41) is 6.51. The highest BCUT2D eigenvalue weighted by Gasteiger charge is 2.18. The van der Waals surface area contributed by atoms with Crippen LogP contribution in [0.2, 0.25) is 0 Å². The van der Waals surface area contributed by atoms with Crippen LogP contribution in [0.3, 0.4) is 0 Å². The molecule has 4 heterocycles.